The Morgan fingerprint density at radius 3 is 2.73 bits per heavy atom. The third kappa shape index (κ3) is 6.57. The summed E-state index contributed by atoms with van der Waals surface area (Å²) in [7, 11) is 3.86. The normalized spacial score (nSPS) is 17.2. The van der Waals surface area contributed by atoms with Gasteiger partial charge in [0.25, 0.3) is 0 Å². The lowest BCUT2D eigenvalue weighted by atomic mass is 10.3. The van der Waals surface area contributed by atoms with Gasteiger partial charge in [-0.1, -0.05) is 6.07 Å². The molecule has 7 heteroatoms. The van der Waals surface area contributed by atoms with Crippen molar-refractivity contribution in [1.29, 1.82) is 0 Å². The summed E-state index contributed by atoms with van der Waals surface area (Å²) in [5.41, 5.74) is 1.17. The van der Waals surface area contributed by atoms with Crippen LogP contribution in [-0.2, 0) is 11.3 Å². The molecule has 26 heavy (non-hydrogen) atoms. The van der Waals surface area contributed by atoms with Crippen LogP contribution in [0.1, 0.15) is 31.2 Å². The maximum absolute atomic E-state index is 5.71. The molecule has 1 aliphatic heterocycles. The number of halogens is 1. The zero-order valence-corrected chi connectivity index (χ0v) is 18.3. The van der Waals surface area contributed by atoms with Crippen molar-refractivity contribution in [2.45, 2.75) is 32.2 Å². The number of rotatable bonds is 8. The number of likely N-dealkylation sites (N-methyl/N-ethyl adjacent to an activating group) is 1. The molecule has 1 aromatic heterocycles. The fraction of sp³-hybridized carbons (Fsp3) is 0.684. The second-order valence-corrected chi connectivity index (χ2v) is 7.06. The van der Waals surface area contributed by atoms with E-state index in [1.165, 1.54) is 31.2 Å². The number of aliphatic imine (C=N–C) groups is 1. The highest BCUT2D eigenvalue weighted by atomic mass is 127. The molecule has 6 nitrogen and oxygen atoms in total. The van der Waals surface area contributed by atoms with Crippen LogP contribution in [-0.4, -0.2) is 62.8 Å². The van der Waals surface area contributed by atoms with E-state index in [4.69, 9.17) is 4.74 Å². The summed E-state index contributed by atoms with van der Waals surface area (Å²) in [6.45, 7) is 5.50. The highest BCUT2D eigenvalue weighted by Gasteiger charge is 2.21. The summed E-state index contributed by atoms with van der Waals surface area (Å²) in [5.74, 6) is 2.80. The van der Waals surface area contributed by atoms with E-state index in [1.807, 2.05) is 20.3 Å². The molecule has 1 aromatic rings. The standard InChI is InChI=1S/C19H31N5O.HI/c1-20-19(23(2)11-12-25-15-16-5-6-16)22-14-17-7-8-18(21-13-17)24-9-3-4-10-24;/h7-8,13,16H,3-6,9-12,14-15H2,1-2H3,(H,20,22);1H. The van der Waals surface area contributed by atoms with Crippen molar-refractivity contribution in [3.8, 4) is 0 Å². The molecular weight excluding hydrogens is 441 g/mol. The fourth-order valence-electron chi connectivity index (χ4n) is 3.06. The monoisotopic (exact) mass is 473 g/mol. The Balaban J connectivity index is 0.00000243. The Labute approximate surface area is 174 Å². The van der Waals surface area contributed by atoms with Crippen LogP contribution in [0, 0.1) is 5.92 Å². The summed E-state index contributed by atoms with van der Waals surface area (Å²) in [5, 5.41) is 3.40. The summed E-state index contributed by atoms with van der Waals surface area (Å²) < 4.78 is 5.71. The summed E-state index contributed by atoms with van der Waals surface area (Å²) >= 11 is 0. The van der Waals surface area contributed by atoms with Gasteiger partial charge in [-0.05, 0) is 43.2 Å². The first-order valence-electron chi connectivity index (χ1n) is 9.45. The molecule has 1 aliphatic carbocycles. The lowest BCUT2D eigenvalue weighted by Gasteiger charge is -2.22. The first kappa shape index (κ1) is 21.2. The van der Waals surface area contributed by atoms with Crippen molar-refractivity contribution in [3.63, 3.8) is 0 Å². The van der Waals surface area contributed by atoms with Gasteiger partial charge in [-0.3, -0.25) is 4.99 Å². The Hall–Kier alpha value is -1.09. The van der Waals surface area contributed by atoms with Crippen molar-refractivity contribution >= 4 is 35.8 Å². The number of pyridine rings is 1. The highest BCUT2D eigenvalue weighted by Crippen LogP contribution is 2.28. The van der Waals surface area contributed by atoms with Gasteiger partial charge in [-0.25, -0.2) is 4.98 Å². The lowest BCUT2D eigenvalue weighted by Crippen LogP contribution is -2.40. The van der Waals surface area contributed by atoms with Gasteiger partial charge in [0.2, 0.25) is 0 Å². The van der Waals surface area contributed by atoms with Crippen LogP contribution in [0.15, 0.2) is 23.3 Å². The van der Waals surface area contributed by atoms with Gasteiger partial charge in [0.05, 0.1) is 6.61 Å². The number of nitrogens with zero attached hydrogens (tertiary/aromatic N) is 4. The van der Waals surface area contributed by atoms with E-state index in [9.17, 15) is 0 Å². The lowest BCUT2D eigenvalue weighted by molar-refractivity contribution is 0.115. The van der Waals surface area contributed by atoms with E-state index in [0.717, 1.165) is 57.1 Å². The van der Waals surface area contributed by atoms with E-state index >= 15 is 0 Å². The van der Waals surface area contributed by atoms with E-state index in [2.05, 4.69) is 37.2 Å². The molecule has 2 fully saturated rings. The van der Waals surface area contributed by atoms with Gasteiger partial charge in [-0.15, -0.1) is 24.0 Å². The van der Waals surface area contributed by atoms with Gasteiger partial charge in [0.15, 0.2) is 5.96 Å². The Morgan fingerprint density at radius 2 is 2.12 bits per heavy atom. The molecule has 1 saturated carbocycles. The highest BCUT2D eigenvalue weighted by molar-refractivity contribution is 14.0. The molecule has 0 amide bonds. The Morgan fingerprint density at radius 1 is 1.35 bits per heavy atom. The molecule has 1 saturated heterocycles. The largest absolute Gasteiger partial charge is 0.379 e. The number of anilines is 1. The minimum atomic E-state index is 0. The molecule has 0 bridgehead atoms. The average Bonchev–Trinajstić information content (AvgIpc) is 3.30. The minimum Gasteiger partial charge on any atom is -0.379 e. The zero-order chi connectivity index (χ0) is 17.5. The van der Waals surface area contributed by atoms with Crippen LogP contribution in [0.4, 0.5) is 5.82 Å². The van der Waals surface area contributed by atoms with Gasteiger partial charge < -0.3 is 19.9 Å². The summed E-state index contributed by atoms with van der Waals surface area (Å²) in [4.78, 5) is 13.4. The maximum Gasteiger partial charge on any atom is 0.193 e. The van der Waals surface area contributed by atoms with Gasteiger partial charge >= 0.3 is 0 Å². The molecule has 2 aliphatic rings. The number of hydrogen-bond donors (Lipinski definition) is 1. The van der Waals surface area contributed by atoms with Crippen molar-refractivity contribution in [3.05, 3.63) is 23.9 Å². The second kappa shape index (κ2) is 10.9. The number of ether oxygens (including phenoxy) is 1. The first-order valence-corrected chi connectivity index (χ1v) is 9.45. The molecule has 3 rings (SSSR count). The minimum absolute atomic E-state index is 0. The Kier molecular flexibility index (Phi) is 8.90. The van der Waals surface area contributed by atoms with E-state index in [0.29, 0.717) is 0 Å². The van der Waals surface area contributed by atoms with Gasteiger partial charge in [-0.2, -0.15) is 0 Å². The van der Waals surface area contributed by atoms with Crippen molar-refractivity contribution in [1.82, 2.24) is 15.2 Å². The zero-order valence-electron chi connectivity index (χ0n) is 16.0. The van der Waals surface area contributed by atoms with Gasteiger partial charge in [0.1, 0.15) is 5.82 Å². The predicted octanol–water partition coefficient (Wildman–Crippen LogP) is 2.73. The van der Waals surface area contributed by atoms with Crippen LogP contribution in [0.2, 0.25) is 0 Å². The van der Waals surface area contributed by atoms with Crippen LogP contribution >= 0.6 is 24.0 Å². The van der Waals surface area contributed by atoms with Crippen molar-refractivity contribution in [2.75, 3.05) is 51.8 Å². The smallest absolute Gasteiger partial charge is 0.193 e. The topological polar surface area (TPSA) is 53.0 Å². The third-order valence-electron chi connectivity index (χ3n) is 4.88. The SMILES string of the molecule is CN=C(NCc1ccc(N2CCCC2)nc1)N(C)CCOCC1CC1.I. The van der Waals surface area contributed by atoms with Crippen molar-refractivity contribution in [2.24, 2.45) is 10.9 Å². The third-order valence-corrected chi connectivity index (χ3v) is 4.88. The van der Waals surface area contributed by atoms with Crippen LogP contribution in [0.5, 0.6) is 0 Å². The van der Waals surface area contributed by atoms with Crippen LogP contribution < -0.4 is 10.2 Å². The molecule has 0 radical (unpaired) electrons. The summed E-state index contributed by atoms with van der Waals surface area (Å²) in [6.07, 6.45) is 7.19. The molecule has 0 aromatic carbocycles. The molecule has 1 N–H and O–H groups in total. The number of aromatic nitrogens is 1. The van der Waals surface area contributed by atoms with Gasteiger partial charge in [0, 0.05) is 53.1 Å². The quantitative estimate of drug-likeness (QED) is 0.273. The molecule has 2 heterocycles. The molecule has 0 atom stereocenters. The second-order valence-electron chi connectivity index (χ2n) is 7.06. The fourth-order valence-corrected chi connectivity index (χ4v) is 3.06. The molecule has 146 valence electrons. The van der Waals surface area contributed by atoms with Crippen molar-refractivity contribution < 1.29 is 4.74 Å². The first-order chi connectivity index (χ1) is 12.3. The molecule has 0 spiro atoms. The number of guanidine groups is 1. The van der Waals surface area contributed by atoms with E-state index < -0.39 is 0 Å². The number of hydrogen-bond acceptors (Lipinski definition) is 4. The van der Waals surface area contributed by atoms with E-state index in [-0.39, 0.29) is 24.0 Å². The van der Waals surface area contributed by atoms with E-state index in [1.54, 1.807) is 0 Å². The maximum atomic E-state index is 5.71. The average molecular weight is 473 g/mol. The van der Waals surface area contributed by atoms with Crippen LogP contribution in [0.3, 0.4) is 0 Å². The molecular formula is C19H32IN5O. The molecule has 0 unspecified atom stereocenters. The summed E-state index contributed by atoms with van der Waals surface area (Å²) in [6, 6.07) is 4.28. The van der Waals surface area contributed by atoms with Crippen LogP contribution in [0.25, 0.3) is 0 Å². The number of nitrogens with one attached hydrogen (secondary N) is 1. The predicted molar refractivity (Wildman–Crippen MR) is 117 cm³/mol. The Bertz CT molecular complexity index is 556.